The molecule has 0 aliphatic heterocycles. The van der Waals surface area contributed by atoms with Crippen molar-refractivity contribution in [2.24, 2.45) is 4.99 Å². The third-order valence-electron chi connectivity index (χ3n) is 2.85. The van der Waals surface area contributed by atoms with Crippen molar-refractivity contribution in [2.45, 2.75) is 46.2 Å². The molecule has 4 nitrogen and oxygen atoms in total. The number of hydrogen-bond donors (Lipinski definition) is 2. The van der Waals surface area contributed by atoms with Crippen LogP contribution in [-0.4, -0.2) is 49.6 Å². The van der Waals surface area contributed by atoms with Crippen molar-refractivity contribution in [1.29, 1.82) is 0 Å². The van der Waals surface area contributed by atoms with Gasteiger partial charge in [0.1, 0.15) is 0 Å². The van der Waals surface area contributed by atoms with Crippen LogP contribution < -0.4 is 10.6 Å². The molecule has 0 aromatic carbocycles. The van der Waals surface area contributed by atoms with E-state index in [4.69, 9.17) is 0 Å². The van der Waals surface area contributed by atoms with E-state index in [1.807, 2.05) is 6.08 Å². The summed E-state index contributed by atoms with van der Waals surface area (Å²) in [6, 6.07) is 1.20. The molecule has 0 aromatic rings. The highest BCUT2D eigenvalue weighted by Crippen LogP contribution is 2.05. The van der Waals surface area contributed by atoms with E-state index < -0.39 is 0 Å². The summed E-state index contributed by atoms with van der Waals surface area (Å²) < 4.78 is 0. The number of nitrogens with one attached hydrogen (secondary N) is 2. The highest BCUT2D eigenvalue weighted by Gasteiger charge is 2.12. The van der Waals surface area contributed by atoms with Gasteiger partial charge in [0.05, 0.1) is 0 Å². The molecule has 0 atom stereocenters. The minimum Gasteiger partial charge on any atom is -0.356 e. The highest BCUT2D eigenvalue weighted by atomic mass is 15.2. The van der Waals surface area contributed by atoms with E-state index in [9.17, 15) is 0 Å². The predicted molar refractivity (Wildman–Crippen MR) is 81.2 cm³/mol. The first-order valence-electron chi connectivity index (χ1n) is 6.84. The van der Waals surface area contributed by atoms with Crippen molar-refractivity contribution >= 4 is 5.96 Å². The number of aliphatic imine (C=N–C) groups is 1. The Labute approximate surface area is 113 Å². The van der Waals surface area contributed by atoms with Crippen molar-refractivity contribution in [1.82, 2.24) is 15.5 Å². The molecule has 18 heavy (non-hydrogen) atoms. The highest BCUT2D eigenvalue weighted by molar-refractivity contribution is 5.79. The van der Waals surface area contributed by atoms with Gasteiger partial charge in [-0.2, -0.15) is 0 Å². The summed E-state index contributed by atoms with van der Waals surface area (Å²) in [5.41, 5.74) is 0. The van der Waals surface area contributed by atoms with E-state index in [0.29, 0.717) is 12.1 Å². The average Bonchev–Trinajstić information content (AvgIpc) is 2.31. The van der Waals surface area contributed by atoms with E-state index in [0.717, 1.165) is 32.0 Å². The second-order valence-corrected chi connectivity index (χ2v) is 4.95. The molecule has 0 radical (unpaired) electrons. The van der Waals surface area contributed by atoms with Gasteiger partial charge < -0.3 is 10.6 Å². The maximum absolute atomic E-state index is 4.15. The summed E-state index contributed by atoms with van der Waals surface area (Å²) in [7, 11) is 1.78. The molecule has 0 bridgehead atoms. The van der Waals surface area contributed by atoms with Gasteiger partial charge in [-0.05, 0) is 34.1 Å². The minimum absolute atomic E-state index is 0.600. The molecular formula is C14H30N4. The SMILES string of the molecule is C=CCNC(=NC)NCCCN(C(C)C)C(C)C. The molecule has 0 spiro atoms. The molecule has 0 fully saturated rings. The fraction of sp³-hybridized carbons (Fsp3) is 0.786. The van der Waals surface area contributed by atoms with E-state index in [-0.39, 0.29) is 0 Å². The Morgan fingerprint density at radius 3 is 2.28 bits per heavy atom. The summed E-state index contributed by atoms with van der Waals surface area (Å²) in [5.74, 6) is 0.843. The molecule has 0 heterocycles. The van der Waals surface area contributed by atoms with E-state index in [1.165, 1.54) is 0 Å². The van der Waals surface area contributed by atoms with Crippen molar-refractivity contribution in [3.63, 3.8) is 0 Å². The van der Waals surface area contributed by atoms with Gasteiger partial charge in [0.2, 0.25) is 0 Å². The summed E-state index contributed by atoms with van der Waals surface area (Å²) in [6.45, 7) is 15.5. The number of hydrogen-bond acceptors (Lipinski definition) is 2. The zero-order chi connectivity index (χ0) is 14.0. The Morgan fingerprint density at radius 2 is 1.83 bits per heavy atom. The van der Waals surface area contributed by atoms with Gasteiger partial charge in [-0.1, -0.05) is 6.08 Å². The van der Waals surface area contributed by atoms with Gasteiger partial charge in [-0.3, -0.25) is 9.89 Å². The largest absolute Gasteiger partial charge is 0.356 e. The topological polar surface area (TPSA) is 39.7 Å². The zero-order valence-corrected chi connectivity index (χ0v) is 12.7. The van der Waals surface area contributed by atoms with Crippen LogP contribution in [0.25, 0.3) is 0 Å². The molecule has 0 amide bonds. The second-order valence-electron chi connectivity index (χ2n) is 4.95. The van der Waals surface area contributed by atoms with Crippen molar-refractivity contribution in [2.75, 3.05) is 26.7 Å². The molecule has 0 aliphatic rings. The number of nitrogens with zero attached hydrogens (tertiary/aromatic N) is 2. The summed E-state index contributed by atoms with van der Waals surface area (Å²) in [5, 5.41) is 6.46. The van der Waals surface area contributed by atoms with Crippen LogP contribution in [0.5, 0.6) is 0 Å². The van der Waals surface area contributed by atoms with Gasteiger partial charge in [0, 0.05) is 38.8 Å². The predicted octanol–water partition coefficient (Wildman–Crippen LogP) is 1.85. The maximum atomic E-state index is 4.15. The Hall–Kier alpha value is -1.03. The molecule has 106 valence electrons. The molecular weight excluding hydrogens is 224 g/mol. The fourth-order valence-electron chi connectivity index (χ4n) is 1.97. The molecule has 0 rings (SSSR count). The standard InChI is InChI=1S/C14H30N4/c1-7-9-16-14(15-6)17-10-8-11-18(12(2)3)13(4)5/h7,12-13H,1,8-11H2,2-6H3,(H2,15,16,17). The average molecular weight is 254 g/mol. The quantitative estimate of drug-likeness (QED) is 0.300. The van der Waals surface area contributed by atoms with Crippen molar-refractivity contribution in [3.05, 3.63) is 12.7 Å². The van der Waals surface area contributed by atoms with Crippen LogP contribution in [0.15, 0.2) is 17.6 Å². The van der Waals surface area contributed by atoms with Crippen LogP contribution in [0.2, 0.25) is 0 Å². The Balaban J connectivity index is 3.86. The van der Waals surface area contributed by atoms with Crippen LogP contribution in [0.3, 0.4) is 0 Å². The van der Waals surface area contributed by atoms with Crippen LogP contribution in [0.4, 0.5) is 0 Å². The fourth-order valence-corrected chi connectivity index (χ4v) is 1.97. The van der Waals surface area contributed by atoms with E-state index >= 15 is 0 Å². The van der Waals surface area contributed by atoms with Gasteiger partial charge in [-0.25, -0.2) is 0 Å². The Bertz CT molecular complexity index is 238. The zero-order valence-electron chi connectivity index (χ0n) is 12.7. The van der Waals surface area contributed by atoms with Gasteiger partial charge in [-0.15, -0.1) is 6.58 Å². The third-order valence-corrected chi connectivity index (χ3v) is 2.85. The molecule has 0 aromatic heterocycles. The smallest absolute Gasteiger partial charge is 0.191 e. The lowest BCUT2D eigenvalue weighted by molar-refractivity contribution is 0.173. The van der Waals surface area contributed by atoms with Crippen LogP contribution in [0, 0.1) is 0 Å². The monoisotopic (exact) mass is 254 g/mol. The Morgan fingerprint density at radius 1 is 1.22 bits per heavy atom. The van der Waals surface area contributed by atoms with Crippen molar-refractivity contribution in [3.8, 4) is 0 Å². The van der Waals surface area contributed by atoms with Crippen molar-refractivity contribution < 1.29 is 0 Å². The van der Waals surface area contributed by atoms with E-state index in [1.54, 1.807) is 7.05 Å². The number of rotatable bonds is 8. The van der Waals surface area contributed by atoms with Gasteiger partial charge in [0.15, 0.2) is 5.96 Å². The first-order valence-corrected chi connectivity index (χ1v) is 6.84. The molecule has 0 saturated carbocycles. The minimum atomic E-state index is 0.600. The molecule has 0 aliphatic carbocycles. The van der Waals surface area contributed by atoms with Gasteiger partial charge in [0.25, 0.3) is 0 Å². The van der Waals surface area contributed by atoms with E-state index in [2.05, 4.69) is 54.8 Å². The molecule has 4 heteroatoms. The summed E-state index contributed by atoms with van der Waals surface area (Å²) in [6.07, 6.45) is 2.94. The van der Waals surface area contributed by atoms with Crippen LogP contribution in [-0.2, 0) is 0 Å². The lowest BCUT2D eigenvalue weighted by atomic mass is 10.2. The first-order chi connectivity index (χ1) is 8.52. The lowest BCUT2D eigenvalue weighted by Gasteiger charge is -2.30. The summed E-state index contributed by atoms with van der Waals surface area (Å²) >= 11 is 0. The maximum Gasteiger partial charge on any atom is 0.191 e. The second kappa shape index (κ2) is 9.95. The molecule has 0 saturated heterocycles. The van der Waals surface area contributed by atoms with Gasteiger partial charge >= 0.3 is 0 Å². The van der Waals surface area contributed by atoms with Crippen LogP contribution >= 0.6 is 0 Å². The van der Waals surface area contributed by atoms with Crippen LogP contribution in [0.1, 0.15) is 34.1 Å². The lowest BCUT2D eigenvalue weighted by Crippen LogP contribution is -2.41. The molecule has 2 N–H and O–H groups in total. The Kier molecular flexibility index (Phi) is 9.38. The first kappa shape index (κ1) is 17.0. The molecule has 0 unspecified atom stereocenters. The normalized spacial score (nSPS) is 12.3. The third kappa shape index (κ3) is 7.33. The number of guanidine groups is 1. The summed E-state index contributed by atoms with van der Waals surface area (Å²) in [4.78, 5) is 6.65.